The molecule has 0 aromatic heterocycles. The standard InChI is InChI=1S/C18H19NO3/c1-14(19(21)15(2)20)11-12-16-7-6-10-18(13-16)22-17-8-4-3-5-9-17/h3-14,21H,1-2H3. The Morgan fingerprint density at radius 1 is 1.14 bits per heavy atom. The molecule has 2 aromatic carbocycles. The first kappa shape index (κ1) is 15.8. The van der Waals surface area contributed by atoms with Crippen LogP contribution in [-0.4, -0.2) is 22.2 Å². The van der Waals surface area contributed by atoms with Gasteiger partial charge in [0.25, 0.3) is 0 Å². The first-order valence-electron chi connectivity index (χ1n) is 7.06. The SMILES string of the molecule is CC(=O)N(O)C(C)C=Cc1cccc(Oc2ccccc2)c1. The molecular formula is C18H19NO3. The van der Waals surface area contributed by atoms with Gasteiger partial charge in [-0.2, -0.15) is 0 Å². The molecule has 0 saturated carbocycles. The number of hydrogen-bond donors (Lipinski definition) is 1. The van der Waals surface area contributed by atoms with Crippen molar-refractivity contribution >= 4 is 12.0 Å². The zero-order valence-electron chi connectivity index (χ0n) is 12.6. The summed E-state index contributed by atoms with van der Waals surface area (Å²) in [5, 5.41) is 10.2. The largest absolute Gasteiger partial charge is 0.457 e. The van der Waals surface area contributed by atoms with E-state index in [2.05, 4.69) is 0 Å². The number of rotatable bonds is 5. The molecule has 22 heavy (non-hydrogen) atoms. The predicted molar refractivity (Wildman–Crippen MR) is 85.8 cm³/mol. The zero-order chi connectivity index (χ0) is 15.9. The fourth-order valence-corrected chi connectivity index (χ4v) is 1.92. The molecule has 0 radical (unpaired) electrons. The summed E-state index contributed by atoms with van der Waals surface area (Å²) in [7, 11) is 0. The van der Waals surface area contributed by atoms with E-state index in [1.165, 1.54) is 6.92 Å². The molecule has 0 bridgehead atoms. The third-order valence-electron chi connectivity index (χ3n) is 3.11. The Hall–Kier alpha value is -2.59. The van der Waals surface area contributed by atoms with Crippen LogP contribution >= 0.6 is 0 Å². The van der Waals surface area contributed by atoms with Gasteiger partial charge in [0.05, 0.1) is 6.04 Å². The van der Waals surface area contributed by atoms with Gasteiger partial charge < -0.3 is 4.74 Å². The first-order chi connectivity index (χ1) is 10.6. The fourth-order valence-electron chi connectivity index (χ4n) is 1.92. The molecule has 2 aromatic rings. The van der Waals surface area contributed by atoms with Crippen molar-refractivity contribution in [2.24, 2.45) is 0 Å². The number of hydrogen-bond acceptors (Lipinski definition) is 3. The number of amides is 1. The third-order valence-corrected chi connectivity index (χ3v) is 3.11. The molecule has 114 valence electrons. The van der Waals surface area contributed by atoms with Crippen LogP contribution in [0.1, 0.15) is 19.4 Å². The quantitative estimate of drug-likeness (QED) is 0.667. The summed E-state index contributed by atoms with van der Waals surface area (Å²) in [5.41, 5.74) is 0.928. The Kier molecular flexibility index (Phi) is 5.33. The topological polar surface area (TPSA) is 49.8 Å². The van der Waals surface area contributed by atoms with Crippen LogP contribution in [0.25, 0.3) is 6.08 Å². The molecule has 1 amide bonds. The van der Waals surface area contributed by atoms with E-state index >= 15 is 0 Å². The Labute approximate surface area is 130 Å². The molecule has 0 aliphatic heterocycles. The van der Waals surface area contributed by atoms with Crippen molar-refractivity contribution in [1.82, 2.24) is 5.06 Å². The van der Waals surface area contributed by atoms with Gasteiger partial charge in [0, 0.05) is 6.92 Å². The highest BCUT2D eigenvalue weighted by Crippen LogP contribution is 2.22. The lowest BCUT2D eigenvalue weighted by atomic mass is 10.1. The predicted octanol–water partition coefficient (Wildman–Crippen LogP) is 4.12. The average Bonchev–Trinajstić information content (AvgIpc) is 2.53. The second kappa shape index (κ2) is 7.43. The van der Waals surface area contributed by atoms with Gasteiger partial charge in [-0.25, -0.2) is 5.06 Å². The van der Waals surface area contributed by atoms with Crippen LogP contribution in [0.15, 0.2) is 60.7 Å². The van der Waals surface area contributed by atoms with Crippen molar-refractivity contribution in [3.8, 4) is 11.5 Å². The van der Waals surface area contributed by atoms with Crippen LogP contribution in [0, 0.1) is 0 Å². The smallest absolute Gasteiger partial charge is 0.243 e. The highest BCUT2D eigenvalue weighted by Gasteiger charge is 2.10. The van der Waals surface area contributed by atoms with Gasteiger partial charge in [0.2, 0.25) is 5.91 Å². The lowest BCUT2D eigenvalue weighted by Gasteiger charge is -2.17. The first-order valence-corrected chi connectivity index (χ1v) is 7.06. The molecule has 1 atom stereocenters. The monoisotopic (exact) mass is 297 g/mol. The Bertz CT molecular complexity index is 652. The molecule has 4 heteroatoms. The maximum atomic E-state index is 11.1. The maximum Gasteiger partial charge on any atom is 0.243 e. The summed E-state index contributed by atoms with van der Waals surface area (Å²) >= 11 is 0. The van der Waals surface area contributed by atoms with Crippen LogP contribution in [0.3, 0.4) is 0 Å². The van der Waals surface area contributed by atoms with Crippen molar-refractivity contribution in [1.29, 1.82) is 0 Å². The van der Waals surface area contributed by atoms with E-state index in [-0.39, 0.29) is 0 Å². The Morgan fingerprint density at radius 2 is 1.82 bits per heavy atom. The van der Waals surface area contributed by atoms with E-state index in [9.17, 15) is 10.0 Å². The van der Waals surface area contributed by atoms with Gasteiger partial charge in [-0.3, -0.25) is 10.0 Å². The van der Waals surface area contributed by atoms with Gasteiger partial charge >= 0.3 is 0 Å². The van der Waals surface area contributed by atoms with E-state index in [0.717, 1.165) is 17.1 Å². The number of carbonyl (C=O) groups excluding carboxylic acids is 1. The molecule has 0 spiro atoms. The molecular weight excluding hydrogens is 278 g/mol. The lowest BCUT2D eigenvalue weighted by Crippen LogP contribution is -2.32. The third kappa shape index (κ3) is 4.46. The molecule has 0 heterocycles. The zero-order valence-corrected chi connectivity index (χ0v) is 12.6. The highest BCUT2D eigenvalue weighted by atomic mass is 16.5. The van der Waals surface area contributed by atoms with Crippen LogP contribution in [0.4, 0.5) is 0 Å². The molecule has 0 aliphatic carbocycles. The van der Waals surface area contributed by atoms with E-state index in [1.807, 2.05) is 60.7 Å². The summed E-state index contributed by atoms with van der Waals surface area (Å²) < 4.78 is 5.76. The number of carbonyl (C=O) groups is 1. The van der Waals surface area contributed by atoms with Crippen LogP contribution in [-0.2, 0) is 4.79 Å². The lowest BCUT2D eigenvalue weighted by molar-refractivity contribution is -0.167. The summed E-state index contributed by atoms with van der Waals surface area (Å²) in [6, 6.07) is 16.7. The van der Waals surface area contributed by atoms with E-state index in [0.29, 0.717) is 5.06 Å². The van der Waals surface area contributed by atoms with Crippen LogP contribution in [0.2, 0.25) is 0 Å². The maximum absolute atomic E-state index is 11.1. The normalized spacial score (nSPS) is 12.1. The minimum Gasteiger partial charge on any atom is -0.457 e. The molecule has 0 aliphatic rings. The minimum absolute atomic E-state index is 0.390. The van der Waals surface area contributed by atoms with Gasteiger partial charge in [0.15, 0.2) is 0 Å². The van der Waals surface area contributed by atoms with Gasteiger partial charge in [-0.05, 0) is 36.8 Å². The fraction of sp³-hybridized carbons (Fsp3) is 0.167. The summed E-state index contributed by atoms with van der Waals surface area (Å²) in [6.45, 7) is 3.06. The second-order valence-electron chi connectivity index (χ2n) is 4.95. The van der Waals surface area contributed by atoms with E-state index < -0.39 is 11.9 Å². The second-order valence-corrected chi connectivity index (χ2v) is 4.95. The van der Waals surface area contributed by atoms with Crippen molar-refractivity contribution in [3.63, 3.8) is 0 Å². The molecule has 1 N–H and O–H groups in total. The molecule has 1 unspecified atom stereocenters. The van der Waals surface area contributed by atoms with Gasteiger partial charge in [0.1, 0.15) is 11.5 Å². The molecule has 0 saturated heterocycles. The van der Waals surface area contributed by atoms with Gasteiger partial charge in [-0.15, -0.1) is 0 Å². The Morgan fingerprint density at radius 3 is 2.50 bits per heavy atom. The highest BCUT2D eigenvalue weighted by molar-refractivity contribution is 5.72. The Balaban J connectivity index is 2.07. The molecule has 2 rings (SSSR count). The number of nitrogens with zero attached hydrogens (tertiary/aromatic N) is 1. The van der Waals surface area contributed by atoms with Crippen molar-refractivity contribution in [2.45, 2.75) is 19.9 Å². The van der Waals surface area contributed by atoms with Crippen LogP contribution in [0.5, 0.6) is 11.5 Å². The molecule has 0 fully saturated rings. The van der Waals surface area contributed by atoms with Crippen LogP contribution < -0.4 is 4.74 Å². The minimum atomic E-state index is -0.392. The summed E-state index contributed by atoms with van der Waals surface area (Å²) in [4.78, 5) is 11.1. The van der Waals surface area contributed by atoms with Crippen molar-refractivity contribution in [3.05, 3.63) is 66.2 Å². The van der Waals surface area contributed by atoms with E-state index in [4.69, 9.17) is 4.74 Å². The summed E-state index contributed by atoms with van der Waals surface area (Å²) in [6.07, 6.45) is 3.59. The number of hydroxylamine groups is 2. The number of benzene rings is 2. The number of para-hydroxylation sites is 1. The number of ether oxygens (including phenoxy) is 1. The molecule has 4 nitrogen and oxygen atoms in total. The van der Waals surface area contributed by atoms with Crippen molar-refractivity contribution < 1.29 is 14.7 Å². The van der Waals surface area contributed by atoms with Gasteiger partial charge in [-0.1, -0.05) is 42.5 Å². The van der Waals surface area contributed by atoms with E-state index in [1.54, 1.807) is 13.0 Å². The van der Waals surface area contributed by atoms with Crippen molar-refractivity contribution in [2.75, 3.05) is 0 Å². The summed E-state index contributed by atoms with van der Waals surface area (Å²) in [5.74, 6) is 1.11. The average molecular weight is 297 g/mol.